The molecule has 0 unspecified atom stereocenters. The second-order valence-electron chi connectivity index (χ2n) is 6.39. The van der Waals surface area contributed by atoms with Crippen molar-refractivity contribution in [1.29, 1.82) is 0 Å². The highest BCUT2D eigenvalue weighted by Gasteiger charge is 2.35. The summed E-state index contributed by atoms with van der Waals surface area (Å²) in [5, 5.41) is 0. The Hall–Kier alpha value is -3.02. The summed E-state index contributed by atoms with van der Waals surface area (Å²) in [6.07, 6.45) is 5.03. The number of amides is 3. The molecular weight excluding hydrogens is 330 g/mol. The van der Waals surface area contributed by atoms with E-state index in [-0.39, 0.29) is 17.7 Å². The van der Waals surface area contributed by atoms with E-state index in [9.17, 15) is 14.4 Å². The largest absolute Gasteiger partial charge is 0.337 e. The van der Waals surface area contributed by atoms with Crippen LogP contribution >= 0.6 is 0 Å². The van der Waals surface area contributed by atoms with Gasteiger partial charge in [-0.1, -0.05) is 13.3 Å². The highest BCUT2D eigenvalue weighted by molar-refractivity contribution is 6.22. The van der Waals surface area contributed by atoms with Crippen molar-refractivity contribution in [2.24, 2.45) is 0 Å². The van der Waals surface area contributed by atoms with E-state index in [1.165, 1.54) is 11.0 Å². The lowest BCUT2D eigenvalue weighted by Gasteiger charge is -2.17. The molecule has 2 aromatic rings. The Morgan fingerprint density at radius 1 is 1.08 bits per heavy atom. The molecule has 3 rings (SSSR count). The van der Waals surface area contributed by atoms with E-state index in [2.05, 4.69) is 4.98 Å². The Morgan fingerprint density at radius 2 is 1.77 bits per heavy atom. The Labute approximate surface area is 152 Å². The van der Waals surface area contributed by atoms with Gasteiger partial charge in [0.1, 0.15) is 0 Å². The summed E-state index contributed by atoms with van der Waals surface area (Å²) in [6, 6.07) is 8.42. The molecule has 3 amide bonds. The zero-order valence-corrected chi connectivity index (χ0v) is 14.9. The van der Waals surface area contributed by atoms with Crippen LogP contribution in [0.1, 0.15) is 56.4 Å². The van der Waals surface area contributed by atoms with Gasteiger partial charge in [0, 0.05) is 38.1 Å². The second-order valence-corrected chi connectivity index (χ2v) is 6.39. The van der Waals surface area contributed by atoms with Crippen LogP contribution in [-0.2, 0) is 6.54 Å². The maximum absolute atomic E-state index is 12.7. The number of pyridine rings is 1. The molecule has 0 aliphatic carbocycles. The molecule has 0 bridgehead atoms. The van der Waals surface area contributed by atoms with Gasteiger partial charge in [-0.05, 0) is 42.3 Å². The van der Waals surface area contributed by atoms with Crippen LogP contribution in [0.4, 0.5) is 0 Å². The molecule has 0 saturated heterocycles. The predicted octanol–water partition coefficient (Wildman–Crippen LogP) is 2.75. The van der Waals surface area contributed by atoms with E-state index in [0.29, 0.717) is 29.8 Å². The van der Waals surface area contributed by atoms with Crippen molar-refractivity contribution in [3.63, 3.8) is 0 Å². The number of rotatable bonds is 6. The molecule has 26 heavy (non-hydrogen) atoms. The molecule has 1 aromatic heterocycles. The van der Waals surface area contributed by atoms with Crippen molar-refractivity contribution in [3.8, 4) is 0 Å². The van der Waals surface area contributed by atoms with Crippen LogP contribution in [0.5, 0.6) is 0 Å². The fourth-order valence-electron chi connectivity index (χ4n) is 3.00. The number of benzene rings is 1. The van der Waals surface area contributed by atoms with Crippen LogP contribution < -0.4 is 0 Å². The summed E-state index contributed by atoms with van der Waals surface area (Å²) in [7, 11) is 1.70. The minimum Gasteiger partial charge on any atom is -0.337 e. The molecule has 6 heteroatoms. The molecule has 1 aromatic carbocycles. The fraction of sp³-hybridized carbons (Fsp3) is 0.300. The summed E-state index contributed by atoms with van der Waals surface area (Å²) in [4.78, 5) is 44.4. The Kier molecular flexibility index (Phi) is 5.11. The average molecular weight is 351 g/mol. The lowest BCUT2D eigenvalue weighted by molar-refractivity contribution is 0.0652. The van der Waals surface area contributed by atoms with Gasteiger partial charge in [0.05, 0.1) is 11.1 Å². The maximum Gasteiger partial charge on any atom is 0.261 e. The van der Waals surface area contributed by atoms with Crippen LogP contribution in [0, 0.1) is 0 Å². The molecule has 0 saturated carbocycles. The van der Waals surface area contributed by atoms with Gasteiger partial charge in [-0.15, -0.1) is 0 Å². The summed E-state index contributed by atoms with van der Waals surface area (Å²) in [6.45, 7) is 2.86. The topological polar surface area (TPSA) is 70.6 Å². The van der Waals surface area contributed by atoms with Gasteiger partial charge in [-0.25, -0.2) is 0 Å². The number of unbranched alkanes of at least 4 members (excludes halogenated alkanes) is 1. The van der Waals surface area contributed by atoms with Crippen LogP contribution in [0.2, 0.25) is 0 Å². The molecule has 1 aliphatic heterocycles. The molecule has 0 spiro atoms. The molecule has 0 radical (unpaired) electrons. The van der Waals surface area contributed by atoms with Crippen molar-refractivity contribution >= 4 is 17.7 Å². The Morgan fingerprint density at radius 3 is 2.46 bits per heavy atom. The quantitative estimate of drug-likeness (QED) is 0.750. The zero-order valence-electron chi connectivity index (χ0n) is 14.9. The van der Waals surface area contributed by atoms with Gasteiger partial charge in [0.2, 0.25) is 0 Å². The van der Waals surface area contributed by atoms with Gasteiger partial charge >= 0.3 is 0 Å². The number of carbonyl (C=O) groups is 3. The predicted molar refractivity (Wildman–Crippen MR) is 96.8 cm³/mol. The number of fused-ring (bicyclic) bond motifs is 1. The number of aromatic nitrogens is 1. The van der Waals surface area contributed by atoms with Gasteiger partial charge < -0.3 is 4.90 Å². The van der Waals surface area contributed by atoms with Crippen LogP contribution in [0.15, 0.2) is 42.7 Å². The second kappa shape index (κ2) is 7.47. The van der Waals surface area contributed by atoms with Gasteiger partial charge in [-0.2, -0.15) is 0 Å². The van der Waals surface area contributed by atoms with Crippen LogP contribution in [-0.4, -0.2) is 46.1 Å². The third-order valence-electron chi connectivity index (χ3n) is 4.47. The number of carbonyl (C=O) groups excluding carboxylic acids is 3. The smallest absolute Gasteiger partial charge is 0.261 e. The maximum atomic E-state index is 12.7. The highest BCUT2D eigenvalue weighted by atomic mass is 16.2. The monoisotopic (exact) mass is 351 g/mol. The van der Waals surface area contributed by atoms with E-state index < -0.39 is 0 Å². The van der Waals surface area contributed by atoms with Gasteiger partial charge in [0.25, 0.3) is 17.7 Å². The standard InChI is InChI=1S/C20H21N3O3/c1-3-4-11-23-19(25)16-6-5-15(12-17(16)20(23)26)18(24)22(2)13-14-7-9-21-10-8-14/h5-10,12H,3-4,11,13H2,1-2H3. The first-order chi connectivity index (χ1) is 12.5. The molecule has 0 N–H and O–H groups in total. The number of nitrogens with zero attached hydrogens (tertiary/aromatic N) is 3. The van der Waals surface area contributed by atoms with E-state index in [4.69, 9.17) is 0 Å². The zero-order chi connectivity index (χ0) is 18.7. The first kappa shape index (κ1) is 17.8. The Balaban J connectivity index is 1.79. The van der Waals surface area contributed by atoms with Crippen molar-refractivity contribution in [2.75, 3.05) is 13.6 Å². The average Bonchev–Trinajstić information content (AvgIpc) is 2.90. The lowest BCUT2D eigenvalue weighted by atomic mass is 10.0. The van der Waals surface area contributed by atoms with Gasteiger partial charge in [-0.3, -0.25) is 24.3 Å². The summed E-state index contributed by atoms with van der Waals surface area (Å²) in [5.74, 6) is -0.788. The van der Waals surface area contributed by atoms with Gasteiger partial charge in [0.15, 0.2) is 0 Å². The minimum absolute atomic E-state index is 0.197. The SMILES string of the molecule is CCCCN1C(=O)c2ccc(C(=O)N(C)Cc3ccncc3)cc2C1=O. The molecular formula is C20H21N3O3. The van der Waals surface area contributed by atoms with Crippen molar-refractivity contribution < 1.29 is 14.4 Å². The number of hydrogen-bond acceptors (Lipinski definition) is 4. The molecule has 6 nitrogen and oxygen atoms in total. The summed E-state index contributed by atoms with van der Waals surface area (Å²) < 4.78 is 0. The molecule has 0 atom stereocenters. The Bertz CT molecular complexity index is 849. The summed E-state index contributed by atoms with van der Waals surface area (Å²) in [5.41, 5.74) is 2.06. The normalized spacial score (nSPS) is 13.1. The van der Waals surface area contributed by atoms with E-state index in [1.807, 2.05) is 19.1 Å². The fourth-order valence-corrected chi connectivity index (χ4v) is 3.00. The van der Waals surface area contributed by atoms with E-state index in [0.717, 1.165) is 18.4 Å². The van der Waals surface area contributed by atoms with E-state index in [1.54, 1.807) is 36.5 Å². The molecule has 134 valence electrons. The van der Waals surface area contributed by atoms with E-state index >= 15 is 0 Å². The third-order valence-corrected chi connectivity index (χ3v) is 4.47. The van der Waals surface area contributed by atoms with Crippen molar-refractivity contribution in [1.82, 2.24) is 14.8 Å². The molecule has 2 heterocycles. The number of imide groups is 1. The number of hydrogen-bond donors (Lipinski definition) is 0. The lowest BCUT2D eigenvalue weighted by Crippen LogP contribution is -2.30. The van der Waals surface area contributed by atoms with Crippen molar-refractivity contribution in [2.45, 2.75) is 26.3 Å². The third kappa shape index (κ3) is 3.35. The molecule has 1 aliphatic rings. The minimum atomic E-state index is -0.315. The van der Waals surface area contributed by atoms with Crippen LogP contribution in [0.3, 0.4) is 0 Å². The summed E-state index contributed by atoms with van der Waals surface area (Å²) >= 11 is 0. The van der Waals surface area contributed by atoms with Crippen molar-refractivity contribution in [3.05, 3.63) is 65.0 Å². The first-order valence-corrected chi connectivity index (χ1v) is 8.67. The highest BCUT2D eigenvalue weighted by Crippen LogP contribution is 2.25. The van der Waals surface area contributed by atoms with Crippen LogP contribution in [0.25, 0.3) is 0 Å². The molecule has 0 fully saturated rings. The first-order valence-electron chi connectivity index (χ1n) is 8.67.